The number of rotatable bonds is 3. The molecule has 0 aliphatic heterocycles. The van der Waals surface area contributed by atoms with Gasteiger partial charge in [-0.15, -0.1) is 0 Å². The molecule has 4 heterocycles. The van der Waals surface area contributed by atoms with Crippen LogP contribution in [0, 0.1) is 12.1 Å². The first-order valence-electron chi connectivity index (χ1n) is 12.9. The van der Waals surface area contributed by atoms with E-state index >= 15 is 0 Å². The molecule has 0 saturated heterocycles. The van der Waals surface area contributed by atoms with Gasteiger partial charge in [-0.05, 0) is 90.7 Å². The van der Waals surface area contributed by atoms with Crippen molar-refractivity contribution >= 4 is 39.0 Å². The van der Waals surface area contributed by atoms with Crippen molar-refractivity contribution in [3.8, 4) is 22.5 Å². The van der Waals surface area contributed by atoms with E-state index in [-0.39, 0.29) is 0 Å². The molecule has 0 atom stereocenters. The van der Waals surface area contributed by atoms with Crippen molar-refractivity contribution < 1.29 is 0 Å². The molecule has 0 fully saturated rings. The fourth-order valence-electron chi connectivity index (χ4n) is 5.85. The lowest BCUT2D eigenvalue weighted by Crippen LogP contribution is -2.02. The minimum absolute atomic E-state index is 0.984. The van der Waals surface area contributed by atoms with Gasteiger partial charge in [0.2, 0.25) is 0 Å². The summed E-state index contributed by atoms with van der Waals surface area (Å²) in [5.74, 6) is 0. The third-order valence-electron chi connectivity index (χ3n) is 7.56. The molecular formula is C34H22N4. The van der Waals surface area contributed by atoms with Crippen molar-refractivity contribution in [2.24, 2.45) is 0 Å². The molecule has 0 unspecified atom stereocenters. The van der Waals surface area contributed by atoms with Crippen LogP contribution in [0.15, 0.2) is 103 Å². The molecule has 3 aromatic carbocycles. The number of nitrogens with zero attached hydrogens (tertiary/aromatic N) is 4. The van der Waals surface area contributed by atoms with E-state index in [2.05, 4.69) is 105 Å². The maximum atomic E-state index is 4.69. The lowest BCUT2D eigenvalue weighted by atomic mass is 10.0. The maximum absolute atomic E-state index is 4.69. The van der Waals surface area contributed by atoms with Gasteiger partial charge in [-0.25, -0.2) is 0 Å². The van der Waals surface area contributed by atoms with Crippen LogP contribution in [-0.2, 0) is 6.42 Å². The van der Waals surface area contributed by atoms with Gasteiger partial charge in [-0.3, -0.25) is 9.97 Å². The minimum atomic E-state index is 0.984. The summed E-state index contributed by atoms with van der Waals surface area (Å²) in [6, 6.07) is 36.2. The van der Waals surface area contributed by atoms with Crippen molar-refractivity contribution in [3.63, 3.8) is 0 Å². The summed E-state index contributed by atoms with van der Waals surface area (Å²) in [4.78, 5) is 9.32. The Morgan fingerprint density at radius 2 is 1.34 bits per heavy atom. The third-order valence-corrected chi connectivity index (χ3v) is 7.56. The first kappa shape index (κ1) is 21.0. The molecule has 178 valence electrons. The summed E-state index contributed by atoms with van der Waals surface area (Å²) in [7, 11) is 0. The molecule has 1 aliphatic rings. The summed E-state index contributed by atoms with van der Waals surface area (Å²) in [5.41, 5.74) is 12.5. The summed E-state index contributed by atoms with van der Waals surface area (Å²) < 4.78 is 4.59. The van der Waals surface area contributed by atoms with Gasteiger partial charge in [-0.1, -0.05) is 42.5 Å². The summed E-state index contributed by atoms with van der Waals surface area (Å²) in [6.07, 6.45) is 10.3. The van der Waals surface area contributed by atoms with Gasteiger partial charge >= 0.3 is 0 Å². The Kier molecular flexibility index (Phi) is 4.53. The van der Waals surface area contributed by atoms with Crippen molar-refractivity contribution in [2.45, 2.75) is 12.8 Å². The zero-order chi connectivity index (χ0) is 25.1. The second kappa shape index (κ2) is 8.19. The Bertz CT molecular complexity index is 1950. The molecule has 38 heavy (non-hydrogen) atoms. The first-order valence-corrected chi connectivity index (χ1v) is 12.9. The molecule has 0 spiro atoms. The van der Waals surface area contributed by atoms with Crippen molar-refractivity contribution in [1.82, 2.24) is 19.1 Å². The van der Waals surface area contributed by atoms with E-state index in [4.69, 9.17) is 4.98 Å². The average molecular weight is 487 g/mol. The fourth-order valence-corrected chi connectivity index (χ4v) is 5.85. The number of allylic oxidation sites excluding steroid dienone is 1. The van der Waals surface area contributed by atoms with Crippen LogP contribution in [0.3, 0.4) is 0 Å². The molecule has 0 saturated carbocycles. The molecule has 8 rings (SSSR count). The Balaban J connectivity index is 1.18. The van der Waals surface area contributed by atoms with E-state index in [1.54, 1.807) is 0 Å². The molecule has 0 bridgehead atoms. The van der Waals surface area contributed by atoms with E-state index in [0.717, 1.165) is 51.5 Å². The SMILES string of the molecule is c1ccc2c3ncccc3n(-c3ccc(-c4ccc(-n5c6c(c7ncccc75)C=CCC6)cc4)cc3)c2c#1. The van der Waals surface area contributed by atoms with Gasteiger partial charge in [0.15, 0.2) is 0 Å². The Labute approximate surface area is 220 Å². The number of fused-ring (bicyclic) bond motifs is 6. The third kappa shape index (κ3) is 3.06. The van der Waals surface area contributed by atoms with Gasteiger partial charge in [0.05, 0.1) is 22.1 Å². The topological polar surface area (TPSA) is 35.6 Å². The molecule has 0 amide bonds. The molecular weight excluding hydrogens is 464 g/mol. The standard InChI is InChI=1S/C34H22N4/c1-3-9-29-27(7-1)33-31(11-5-21-35-33)37(29)25-17-13-23(14-18-25)24-15-19-26(20-16-24)38-30-10-4-2-8-28(30)34-32(38)12-6-22-36-34/h1-2,5-8,11-22H,3,9H2. The number of aromatic nitrogens is 4. The zero-order valence-corrected chi connectivity index (χ0v) is 20.6. The lowest BCUT2D eigenvalue weighted by Gasteiger charge is -2.14. The minimum Gasteiger partial charge on any atom is -0.311 e. The van der Waals surface area contributed by atoms with Crippen LogP contribution in [0.5, 0.6) is 0 Å². The average Bonchev–Trinajstić information content (AvgIpc) is 3.51. The van der Waals surface area contributed by atoms with Gasteiger partial charge in [0.25, 0.3) is 0 Å². The Morgan fingerprint density at radius 3 is 2.08 bits per heavy atom. The second-order valence-electron chi connectivity index (χ2n) is 9.67. The van der Waals surface area contributed by atoms with Gasteiger partial charge in [0, 0.05) is 40.4 Å². The van der Waals surface area contributed by atoms with E-state index in [0.29, 0.717) is 0 Å². The van der Waals surface area contributed by atoms with Crippen LogP contribution in [0.4, 0.5) is 0 Å². The van der Waals surface area contributed by atoms with Gasteiger partial charge < -0.3 is 9.13 Å². The predicted molar refractivity (Wildman–Crippen MR) is 154 cm³/mol. The van der Waals surface area contributed by atoms with Crippen LogP contribution in [0.2, 0.25) is 0 Å². The lowest BCUT2D eigenvalue weighted by molar-refractivity contribution is 0.888. The Hall–Kier alpha value is -5.14. The largest absolute Gasteiger partial charge is 0.311 e. The summed E-state index contributed by atoms with van der Waals surface area (Å²) in [6.45, 7) is 0. The smallest absolute Gasteiger partial charge is 0.107 e. The zero-order valence-electron chi connectivity index (χ0n) is 20.6. The van der Waals surface area contributed by atoms with Gasteiger partial charge in [0.1, 0.15) is 5.52 Å². The second-order valence-corrected chi connectivity index (χ2v) is 9.67. The number of benzene rings is 2. The molecule has 7 aromatic rings. The van der Waals surface area contributed by atoms with E-state index < -0.39 is 0 Å². The predicted octanol–water partition coefficient (Wildman–Crippen LogP) is 7.74. The quantitative estimate of drug-likeness (QED) is 0.256. The normalized spacial score (nSPS) is 12.7. The number of pyridine rings is 2. The van der Waals surface area contributed by atoms with Crippen LogP contribution >= 0.6 is 0 Å². The van der Waals surface area contributed by atoms with Crippen LogP contribution in [0.25, 0.3) is 61.5 Å². The summed E-state index contributed by atoms with van der Waals surface area (Å²) >= 11 is 0. The molecule has 4 heteroatoms. The van der Waals surface area contributed by atoms with Crippen molar-refractivity contribution in [3.05, 3.63) is 127 Å². The highest BCUT2D eigenvalue weighted by molar-refractivity contribution is 6.06. The van der Waals surface area contributed by atoms with Crippen molar-refractivity contribution in [1.29, 1.82) is 0 Å². The maximum Gasteiger partial charge on any atom is 0.107 e. The highest BCUT2D eigenvalue weighted by atomic mass is 15.0. The van der Waals surface area contributed by atoms with E-state index in [1.165, 1.54) is 28.1 Å². The molecule has 4 aromatic heterocycles. The molecule has 0 N–H and O–H groups in total. The monoisotopic (exact) mass is 486 g/mol. The van der Waals surface area contributed by atoms with Crippen LogP contribution in [0.1, 0.15) is 17.7 Å². The highest BCUT2D eigenvalue weighted by Crippen LogP contribution is 2.34. The molecule has 4 nitrogen and oxygen atoms in total. The van der Waals surface area contributed by atoms with Gasteiger partial charge in [-0.2, -0.15) is 0 Å². The number of hydrogen-bond acceptors (Lipinski definition) is 2. The van der Waals surface area contributed by atoms with Crippen LogP contribution in [-0.4, -0.2) is 19.1 Å². The van der Waals surface area contributed by atoms with E-state index in [1.807, 2.05) is 30.6 Å². The van der Waals surface area contributed by atoms with Crippen LogP contribution < -0.4 is 0 Å². The Morgan fingerprint density at radius 1 is 0.684 bits per heavy atom. The fraction of sp³-hybridized carbons (Fsp3) is 0.0588. The summed E-state index contributed by atoms with van der Waals surface area (Å²) in [5, 5.41) is 1.09. The number of hydrogen-bond donors (Lipinski definition) is 0. The van der Waals surface area contributed by atoms with E-state index in [9.17, 15) is 0 Å². The first-order chi connectivity index (χ1) is 18.9. The van der Waals surface area contributed by atoms with Crippen molar-refractivity contribution in [2.75, 3.05) is 0 Å². The molecule has 0 radical (unpaired) electrons. The molecule has 1 aliphatic carbocycles. The highest BCUT2D eigenvalue weighted by Gasteiger charge is 2.19.